The van der Waals surface area contributed by atoms with Gasteiger partial charge in [0.05, 0.1) is 12.1 Å². The van der Waals surface area contributed by atoms with Crippen molar-refractivity contribution in [3.63, 3.8) is 0 Å². The SMILES string of the molecule is Cc1ccc2c(c1)N(C)C(=O)C(C(=O)C(Cc1ccc(Cl)cc1)Nc1ccc3ccccc3c1)C2O. The highest BCUT2D eigenvalue weighted by atomic mass is 35.5. The summed E-state index contributed by atoms with van der Waals surface area (Å²) < 4.78 is 0. The molecule has 0 aliphatic carbocycles. The summed E-state index contributed by atoms with van der Waals surface area (Å²) in [4.78, 5) is 28.8. The van der Waals surface area contributed by atoms with E-state index in [-0.39, 0.29) is 5.78 Å². The smallest absolute Gasteiger partial charge is 0.240 e. The maximum absolute atomic E-state index is 14.0. The number of amides is 1. The Morgan fingerprint density at radius 2 is 1.72 bits per heavy atom. The lowest BCUT2D eigenvalue weighted by atomic mass is 9.82. The van der Waals surface area contributed by atoms with Gasteiger partial charge in [0.1, 0.15) is 5.92 Å². The van der Waals surface area contributed by atoms with Crippen LogP contribution in [-0.2, 0) is 16.0 Å². The first kappa shape index (κ1) is 24.0. The first-order chi connectivity index (χ1) is 17.3. The summed E-state index contributed by atoms with van der Waals surface area (Å²) in [7, 11) is 1.65. The fourth-order valence-electron chi connectivity index (χ4n) is 4.89. The monoisotopic (exact) mass is 498 g/mol. The Hall–Kier alpha value is -3.67. The van der Waals surface area contributed by atoms with E-state index >= 15 is 0 Å². The predicted molar refractivity (Wildman–Crippen MR) is 145 cm³/mol. The zero-order valence-corrected chi connectivity index (χ0v) is 20.9. The number of aliphatic hydroxyl groups excluding tert-OH is 1. The van der Waals surface area contributed by atoms with Crippen molar-refractivity contribution >= 4 is 45.4 Å². The highest BCUT2D eigenvalue weighted by Crippen LogP contribution is 2.39. The zero-order valence-electron chi connectivity index (χ0n) is 20.1. The number of fused-ring (bicyclic) bond motifs is 2. The number of aryl methyl sites for hydroxylation is 1. The van der Waals surface area contributed by atoms with Gasteiger partial charge in [-0.3, -0.25) is 9.59 Å². The molecule has 0 spiro atoms. The Labute approximate surface area is 215 Å². The minimum Gasteiger partial charge on any atom is -0.387 e. The molecule has 2 N–H and O–H groups in total. The number of benzene rings is 4. The normalized spacial score (nSPS) is 18.1. The number of carbonyl (C=O) groups is 2. The van der Waals surface area contributed by atoms with Crippen molar-refractivity contribution in [1.29, 1.82) is 0 Å². The van der Waals surface area contributed by atoms with E-state index in [1.807, 2.05) is 73.7 Å². The molecule has 4 aromatic carbocycles. The van der Waals surface area contributed by atoms with Crippen LogP contribution in [-0.4, -0.2) is 29.9 Å². The van der Waals surface area contributed by atoms with Crippen molar-refractivity contribution in [1.82, 2.24) is 0 Å². The maximum atomic E-state index is 14.0. The van der Waals surface area contributed by atoms with Crippen molar-refractivity contribution in [3.05, 3.63) is 107 Å². The van der Waals surface area contributed by atoms with E-state index in [1.165, 1.54) is 4.90 Å². The number of Topliss-reactive ketones (excluding diaryl/α,β-unsaturated/α-hetero) is 1. The summed E-state index contributed by atoms with van der Waals surface area (Å²) in [5.41, 5.74) is 3.85. The van der Waals surface area contributed by atoms with Crippen molar-refractivity contribution in [2.45, 2.75) is 25.5 Å². The van der Waals surface area contributed by atoms with Crippen molar-refractivity contribution in [3.8, 4) is 0 Å². The van der Waals surface area contributed by atoms with Crippen LogP contribution in [0.15, 0.2) is 84.9 Å². The van der Waals surface area contributed by atoms with Gasteiger partial charge in [0.15, 0.2) is 5.78 Å². The lowest BCUT2D eigenvalue weighted by Gasteiger charge is -2.36. The number of halogens is 1. The van der Waals surface area contributed by atoms with Crippen LogP contribution in [0.1, 0.15) is 22.8 Å². The van der Waals surface area contributed by atoms with Crippen LogP contribution in [0.5, 0.6) is 0 Å². The molecule has 182 valence electrons. The molecule has 0 aromatic heterocycles. The lowest BCUT2D eigenvalue weighted by Crippen LogP contribution is -2.49. The number of ketones is 1. The standard InChI is InChI=1S/C30H27ClN2O3/c1-18-7-14-24-26(15-18)33(2)30(36)27(28(24)34)29(35)25(16-19-8-11-22(31)12-9-19)32-23-13-10-20-5-3-4-6-21(20)17-23/h3-15,17,25,27-28,32,34H,16H2,1-2H3. The van der Waals surface area contributed by atoms with Gasteiger partial charge in [-0.1, -0.05) is 66.2 Å². The molecule has 0 saturated heterocycles. The van der Waals surface area contributed by atoms with Gasteiger partial charge < -0.3 is 15.3 Å². The molecular formula is C30H27ClN2O3. The predicted octanol–water partition coefficient (Wildman–Crippen LogP) is 5.72. The van der Waals surface area contributed by atoms with Crippen LogP contribution in [0.3, 0.4) is 0 Å². The lowest BCUT2D eigenvalue weighted by molar-refractivity contribution is -0.138. The molecule has 0 radical (unpaired) electrons. The molecule has 1 aliphatic heterocycles. The fraction of sp³-hybridized carbons (Fsp3) is 0.200. The summed E-state index contributed by atoms with van der Waals surface area (Å²) in [6.45, 7) is 1.93. The second-order valence-electron chi connectivity index (χ2n) is 9.37. The number of carbonyl (C=O) groups excluding carboxylic acids is 2. The number of rotatable bonds is 6. The van der Waals surface area contributed by atoms with Crippen LogP contribution in [0, 0.1) is 12.8 Å². The number of hydrogen-bond donors (Lipinski definition) is 2. The largest absolute Gasteiger partial charge is 0.387 e. The third-order valence-electron chi connectivity index (χ3n) is 6.87. The average molecular weight is 499 g/mol. The van der Waals surface area contributed by atoms with Gasteiger partial charge in [0.25, 0.3) is 0 Å². The van der Waals surface area contributed by atoms with E-state index in [1.54, 1.807) is 25.2 Å². The third kappa shape index (κ3) is 4.60. The average Bonchev–Trinajstić information content (AvgIpc) is 2.88. The van der Waals surface area contributed by atoms with E-state index in [0.29, 0.717) is 22.7 Å². The molecule has 0 bridgehead atoms. The van der Waals surface area contributed by atoms with E-state index in [2.05, 4.69) is 5.32 Å². The number of aliphatic hydroxyl groups is 1. The van der Waals surface area contributed by atoms with Crippen molar-refractivity contribution < 1.29 is 14.7 Å². The highest BCUT2D eigenvalue weighted by molar-refractivity contribution is 6.30. The Balaban J connectivity index is 1.50. The second kappa shape index (κ2) is 9.76. The molecular weight excluding hydrogens is 472 g/mol. The number of nitrogens with one attached hydrogen (secondary N) is 1. The van der Waals surface area contributed by atoms with Gasteiger partial charge in [-0.15, -0.1) is 0 Å². The van der Waals surface area contributed by atoms with Gasteiger partial charge in [0, 0.05) is 29.0 Å². The Bertz CT molecular complexity index is 1450. The number of anilines is 2. The quantitative estimate of drug-likeness (QED) is 0.333. The third-order valence-corrected chi connectivity index (χ3v) is 7.12. The van der Waals surface area contributed by atoms with Gasteiger partial charge in [0.2, 0.25) is 5.91 Å². The van der Waals surface area contributed by atoms with E-state index < -0.39 is 24.0 Å². The Morgan fingerprint density at radius 3 is 2.47 bits per heavy atom. The van der Waals surface area contributed by atoms with Gasteiger partial charge in [-0.25, -0.2) is 0 Å². The molecule has 1 heterocycles. The van der Waals surface area contributed by atoms with Crippen molar-refractivity contribution in [2.24, 2.45) is 5.92 Å². The molecule has 5 rings (SSSR count). The van der Waals surface area contributed by atoms with Gasteiger partial charge >= 0.3 is 0 Å². The first-order valence-corrected chi connectivity index (χ1v) is 12.3. The molecule has 1 aliphatic rings. The van der Waals surface area contributed by atoms with Crippen LogP contribution in [0.2, 0.25) is 5.02 Å². The van der Waals surface area contributed by atoms with Crippen LogP contribution >= 0.6 is 11.6 Å². The molecule has 3 unspecified atom stereocenters. The van der Waals surface area contributed by atoms with Gasteiger partial charge in [-0.05, 0) is 65.6 Å². The van der Waals surface area contributed by atoms with Crippen LogP contribution in [0.25, 0.3) is 10.8 Å². The van der Waals surface area contributed by atoms with E-state index in [9.17, 15) is 14.7 Å². The summed E-state index contributed by atoms with van der Waals surface area (Å²) in [5.74, 6) is -1.98. The molecule has 1 amide bonds. The summed E-state index contributed by atoms with van der Waals surface area (Å²) >= 11 is 6.07. The van der Waals surface area contributed by atoms with Gasteiger partial charge in [-0.2, -0.15) is 0 Å². The minimum atomic E-state index is -1.22. The van der Waals surface area contributed by atoms with E-state index in [0.717, 1.165) is 27.6 Å². The minimum absolute atomic E-state index is 0.337. The zero-order chi connectivity index (χ0) is 25.4. The van der Waals surface area contributed by atoms with Crippen molar-refractivity contribution in [2.75, 3.05) is 17.3 Å². The molecule has 0 fully saturated rings. The fourth-order valence-corrected chi connectivity index (χ4v) is 5.02. The molecule has 0 saturated carbocycles. The number of nitrogens with zero attached hydrogens (tertiary/aromatic N) is 1. The molecule has 3 atom stereocenters. The Kier molecular flexibility index (Phi) is 6.52. The van der Waals surface area contributed by atoms with E-state index in [4.69, 9.17) is 11.6 Å². The number of hydrogen-bond acceptors (Lipinski definition) is 4. The summed E-state index contributed by atoms with van der Waals surface area (Å²) in [5, 5.41) is 17.3. The Morgan fingerprint density at radius 1 is 1.00 bits per heavy atom. The molecule has 6 heteroatoms. The second-order valence-corrected chi connectivity index (χ2v) is 9.81. The highest BCUT2D eigenvalue weighted by Gasteiger charge is 2.44. The summed E-state index contributed by atoms with van der Waals surface area (Å²) in [6.07, 6.45) is -0.882. The summed E-state index contributed by atoms with van der Waals surface area (Å²) in [6, 6.07) is 26.0. The molecule has 36 heavy (non-hydrogen) atoms. The first-order valence-electron chi connectivity index (χ1n) is 11.9. The molecule has 5 nitrogen and oxygen atoms in total. The molecule has 4 aromatic rings. The van der Waals surface area contributed by atoms with Crippen LogP contribution < -0.4 is 10.2 Å². The topological polar surface area (TPSA) is 69.6 Å². The van der Waals surface area contributed by atoms with Crippen LogP contribution in [0.4, 0.5) is 11.4 Å². The maximum Gasteiger partial charge on any atom is 0.240 e.